The zero-order chi connectivity index (χ0) is 24.3. The summed E-state index contributed by atoms with van der Waals surface area (Å²) in [6.07, 6.45) is 0. The molecule has 0 amide bonds. The lowest BCUT2D eigenvalue weighted by atomic mass is 9.90. The Bertz CT molecular complexity index is 1600. The molecule has 0 atom stereocenters. The van der Waals surface area contributed by atoms with E-state index in [-0.39, 0.29) is 0 Å². The van der Waals surface area contributed by atoms with E-state index in [4.69, 9.17) is 5.73 Å². The van der Waals surface area contributed by atoms with E-state index in [1.165, 1.54) is 43.9 Å². The maximum Gasteiger partial charge on any atom is 0.0459 e. The number of rotatable bonds is 6. The number of nitrogens with zero attached hydrogens (tertiary/aromatic N) is 1. The first kappa shape index (κ1) is 21.9. The minimum absolute atomic E-state index is 0.797. The molecule has 0 bridgehead atoms. The summed E-state index contributed by atoms with van der Waals surface area (Å²) in [6, 6.07) is 47.2. The summed E-state index contributed by atoms with van der Waals surface area (Å²) in [7, 11) is 0. The van der Waals surface area contributed by atoms with Crippen molar-refractivity contribution in [2.75, 3.05) is 10.6 Å². The van der Waals surface area contributed by atoms with Crippen LogP contribution in [0.1, 0.15) is 11.1 Å². The van der Waals surface area contributed by atoms with Gasteiger partial charge in [-0.2, -0.15) is 0 Å². The van der Waals surface area contributed by atoms with Gasteiger partial charge in [-0.1, -0.05) is 121 Å². The van der Waals surface area contributed by atoms with Crippen molar-refractivity contribution in [1.29, 1.82) is 0 Å². The molecule has 0 heterocycles. The van der Waals surface area contributed by atoms with E-state index < -0.39 is 0 Å². The van der Waals surface area contributed by atoms with Gasteiger partial charge in [0, 0.05) is 35.6 Å². The van der Waals surface area contributed by atoms with Gasteiger partial charge in [-0.15, -0.1) is 0 Å². The summed E-state index contributed by atoms with van der Waals surface area (Å²) in [6.45, 7) is 1.59. The third-order valence-electron chi connectivity index (χ3n) is 6.89. The number of benzene rings is 6. The molecule has 0 fully saturated rings. The molecule has 6 aromatic rings. The summed E-state index contributed by atoms with van der Waals surface area (Å²) in [5.41, 5.74) is 13.6. The molecule has 0 aromatic heterocycles. The minimum atomic E-state index is 0.797. The largest absolute Gasteiger partial charge is 0.398 e. The number of nitrogen functional groups attached to an aromatic ring is 1. The molecular weight excluding hydrogens is 436 g/mol. The molecule has 0 aliphatic heterocycles. The Hall–Kier alpha value is -4.56. The van der Waals surface area contributed by atoms with Crippen LogP contribution in [-0.4, -0.2) is 0 Å². The van der Waals surface area contributed by atoms with Crippen molar-refractivity contribution in [3.8, 4) is 11.1 Å². The second-order valence-electron chi connectivity index (χ2n) is 9.26. The fourth-order valence-electron chi connectivity index (χ4n) is 5.19. The van der Waals surface area contributed by atoms with Crippen molar-refractivity contribution in [2.24, 2.45) is 0 Å². The molecule has 6 aromatic carbocycles. The van der Waals surface area contributed by atoms with E-state index in [1.54, 1.807) is 0 Å². The first-order valence-corrected chi connectivity index (χ1v) is 12.4. The first-order valence-electron chi connectivity index (χ1n) is 12.4. The van der Waals surface area contributed by atoms with Crippen molar-refractivity contribution in [2.45, 2.75) is 13.1 Å². The zero-order valence-corrected chi connectivity index (χ0v) is 20.1. The number of anilines is 2. The molecule has 2 N–H and O–H groups in total. The molecule has 6 rings (SSSR count). The second kappa shape index (κ2) is 9.59. The van der Waals surface area contributed by atoms with E-state index >= 15 is 0 Å². The molecule has 0 aliphatic rings. The van der Waals surface area contributed by atoms with Crippen LogP contribution in [0.4, 0.5) is 11.4 Å². The first-order chi connectivity index (χ1) is 17.8. The Morgan fingerprint density at radius 1 is 0.444 bits per heavy atom. The molecule has 0 radical (unpaired) electrons. The van der Waals surface area contributed by atoms with Crippen LogP contribution in [-0.2, 0) is 13.1 Å². The third kappa shape index (κ3) is 4.18. The zero-order valence-electron chi connectivity index (χ0n) is 20.1. The van der Waals surface area contributed by atoms with Crippen LogP contribution in [0.15, 0.2) is 133 Å². The summed E-state index contributed by atoms with van der Waals surface area (Å²) < 4.78 is 0. The monoisotopic (exact) mass is 464 g/mol. The highest BCUT2D eigenvalue weighted by Crippen LogP contribution is 2.44. The van der Waals surface area contributed by atoms with Gasteiger partial charge in [-0.3, -0.25) is 0 Å². The van der Waals surface area contributed by atoms with Crippen LogP contribution in [0.25, 0.3) is 32.7 Å². The van der Waals surface area contributed by atoms with Crippen molar-refractivity contribution in [3.05, 3.63) is 145 Å². The Labute approximate surface area is 212 Å². The van der Waals surface area contributed by atoms with Crippen LogP contribution >= 0.6 is 0 Å². The van der Waals surface area contributed by atoms with Crippen molar-refractivity contribution < 1.29 is 0 Å². The third-order valence-corrected chi connectivity index (χ3v) is 6.89. The molecular formula is C34H28N2. The van der Waals surface area contributed by atoms with E-state index in [9.17, 15) is 0 Å². The average Bonchev–Trinajstić information content (AvgIpc) is 2.93. The standard InChI is InChI=1S/C34H28N2/c35-31-21-19-27-15-7-9-17-29(27)33(31)34-30-18-10-8-16-28(30)20-22-32(34)36(23-25-11-3-1-4-12-25)24-26-13-5-2-6-14-26/h1-22H,23-24,35H2. The van der Waals surface area contributed by atoms with Gasteiger partial charge < -0.3 is 10.6 Å². The molecule has 0 saturated heterocycles. The maximum atomic E-state index is 6.77. The van der Waals surface area contributed by atoms with Gasteiger partial charge in [0.05, 0.1) is 0 Å². The number of nitrogens with two attached hydrogens (primary N) is 1. The number of hydrogen-bond donors (Lipinski definition) is 1. The van der Waals surface area contributed by atoms with E-state index in [2.05, 4.69) is 132 Å². The van der Waals surface area contributed by atoms with Gasteiger partial charge in [0.2, 0.25) is 0 Å². The van der Waals surface area contributed by atoms with Crippen LogP contribution in [0.3, 0.4) is 0 Å². The SMILES string of the molecule is Nc1ccc2ccccc2c1-c1c(N(Cc2ccccc2)Cc2ccccc2)ccc2ccccc12. The summed E-state index contributed by atoms with van der Waals surface area (Å²) in [5.74, 6) is 0. The van der Waals surface area contributed by atoms with Gasteiger partial charge in [-0.25, -0.2) is 0 Å². The number of fused-ring (bicyclic) bond motifs is 2. The topological polar surface area (TPSA) is 29.3 Å². The van der Waals surface area contributed by atoms with Crippen LogP contribution in [0, 0.1) is 0 Å². The van der Waals surface area contributed by atoms with Crippen molar-refractivity contribution in [1.82, 2.24) is 0 Å². The van der Waals surface area contributed by atoms with E-state index in [0.717, 1.165) is 24.3 Å². The molecule has 0 unspecified atom stereocenters. The van der Waals surface area contributed by atoms with Crippen molar-refractivity contribution >= 4 is 32.9 Å². The highest BCUT2D eigenvalue weighted by Gasteiger charge is 2.20. The van der Waals surface area contributed by atoms with Gasteiger partial charge in [-0.05, 0) is 44.8 Å². The van der Waals surface area contributed by atoms with Gasteiger partial charge in [0.15, 0.2) is 0 Å². The molecule has 174 valence electrons. The Morgan fingerprint density at radius 2 is 0.917 bits per heavy atom. The Morgan fingerprint density at radius 3 is 1.50 bits per heavy atom. The highest BCUT2D eigenvalue weighted by atomic mass is 15.1. The lowest BCUT2D eigenvalue weighted by Gasteiger charge is -2.29. The average molecular weight is 465 g/mol. The minimum Gasteiger partial charge on any atom is -0.398 e. The van der Waals surface area contributed by atoms with Crippen LogP contribution in [0.2, 0.25) is 0 Å². The van der Waals surface area contributed by atoms with Crippen LogP contribution in [0.5, 0.6) is 0 Å². The Kier molecular flexibility index (Phi) is 5.85. The van der Waals surface area contributed by atoms with E-state index in [1.807, 2.05) is 6.07 Å². The Balaban J connectivity index is 1.63. The molecule has 0 aliphatic carbocycles. The lowest BCUT2D eigenvalue weighted by Crippen LogP contribution is -2.23. The lowest BCUT2D eigenvalue weighted by molar-refractivity contribution is 0.802. The summed E-state index contributed by atoms with van der Waals surface area (Å²) in [4.78, 5) is 2.48. The molecule has 36 heavy (non-hydrogen) atoms. The molecule has 0 spiro atoms. The number of hydrogen-bond acceptors (Lipinski definition) is 2. The van der Waals surface area contributed by atoms with E-state index in [0.29, 0.717) is 0 Å². The quantitative estimate of drug-likeness (QED) is 0.251. The fourth-order valence-corrected chi connectivity index (χ4v) is 5.19. The van der Waals surface area contributed by atoms with Gasteiger partial charge in [0.25, 0.3) is 0 Å². The van der Waals surface area contributed by atoms with Gasteiger partial charge >= 0.3 is 0 Å². The molecule has 2 nitrogen and oxygen atoms in total. The van der Waals surface area contributed by atoms with Gasteiger partial charge in [0.1, 0.15) is 0 Å². The fraction of sp³-hybridized carbons (Fsp3) is 0.0588. The van der Waals surface area contributed by atoms with Crippen molar-refractivity contribution in [3.63, 3.8) is 0 Å². The summed E-state index contributed by atoms with van der Waals surface area (Å²) in [5, 5.41) is 4.79. The maximum absolute atomic E-state index is 6.77. The molecule has 2 heteroatoms. The summed E-state index contributed by atoms with van der Waals surface area (Å²) >= 11 is 0. The predicted molar refractivity (Wildman–Crippen MR) is 154 cm³/mol. The molecule has 0 saturated carbocycles. The van der Waals surface area contributed by atoms with Crippen LogP contribution < -0.4 is 10.6 Å². The normalized spacial score (nSPS) is 11.1. The smallest absolute Gasteiger partial charge is 0.0459 e. The second-order valence-corrected chi connectivity index (χ2v) is 9.26. The predicted octanol–water partition coefficient (Wildman–Crippen LogP) is 8.45. The highest BCUT2D eigenvalue weighted by molar-refractivity contribution is 6.13.